The zero-order valence-electron chi connectivity index (χ0n) is 16.3. The number of ether oxygens (including phenoxy) is 1. The van der Waals surface area contributed by atoms with E-state index < -0.39 is 5.60 Å². The van der Waals surface area contributed by atoms with E-state index in [9.17, 15) is 4.79 Å². The molecule has 1 saturated heterocycles. The van der Waals surface area contributed by atoms with Crippen LogP contribution in [0.25, 0.3) is 0 Å². The predicted octanol–water partition coefficient (Wildman–Crippen LogP) is 2.32. The average molecular weight is 388 g/mol. The molecule has 0 aromatic carbocycles. The normalized spacial score (nSPS) is 18.4. The van der Waals surface area contributed by atoms with Gasteiger partial charge in [-0.25, -0.2) is 15.0 Å². The molecule has 144 valence electrons. The molecule has 2 aliphatic rings. The molecule has 8 heteroatoms. The van der Waals surface area contributed by atoms with Crippen LogP contribution in [0.15, 0.2) is 6.20 Å². The Morgan fingerprint density at radius 1 is 1.26 bits per heavy atom. The number of carbonyl (C=O) groups is 1. The maximum Gasteiger partial charge on any atom is 0.265 e. The first-order chi connectivity index (χ1) is 12.9. The summed E-state index contributed by atoms with van der Waals surface area (Å²) in [5, 5.41) is 0.932. The molecule has 4 rings (SSSR count). The Morgan fingerprint density at radius 2 is 2.00 bits per heavy atom. The fraction of sp³-hybridized carbons (Fsp3) is 0.579. The fourth-order valence-electron chi connectivity index (χ4n) is 3.94. The Hall–Kier alpha value is -2.06. The topological polar surface area (TPSA) is 71.5 Å². The Labute approximate surface area is 163 Å². The Kier molecular flexibility index (Phi) is 4.63. The lowest BCUT2D eigenvalue weighted by atomic mass is 9.83. The number of hydrogen-bond acceptors (Lipinski definition) is 7. The number of thiazole rings is 1. The molecule has 0 N–H and O–H groups in total. The van der Waals surface area contributed by atoms with Crippen molar-refractivity contribution in [3.8, 4) is 0 Å². The average Bonchev–Trinajstić information content (AvgIpc) is 3.00. The molecule has 0 aliphatic carbocycles. The van der Waals surface area contributed by atoms with Gasteiger partial charge in [0.25, 0.3) is 5.91 Å². The molecular weight excluding hydrogens is 362 g/mol. The van der Waals surface area contributed by atoms with Crippen molar-refractivity contribution in [2.75, 3.05) is 38.7 Å². The SMILES string of the molecule is Cc1nc(C)c(C(=O)N2CCC3(CC2)OCCc2cnc(N(C)C)nc23)s1. The Bertz CT molecular complexity index is 871. The van der Waals surface area contributed by atoms with Gasteiger partial charge in [0.05, 0.1) is 23.0 Å². The molecule has 0 bridgehead atoms. The fourth-order valence-corrected chi connectivity index (χ4v) is 4.83. The van der Waals surface area contributed by atoms with E-state index in [-0.39, 0.29) is 5.91 Å². The highest BCUT2D eigenvalue weighted by Gasteiger charge is 2.43. The summed E-state index contributed by atoms with van der Waals surface area (Å²) >= 11 is 1.48. The lowest BCUT2D eigenvalue weighted by Gasteiger charge is -2.44. The van der Waals surface area contributed by atoms with Gasteiger partial charge in [-0.2, -0.15) is 0 Å². The summed E-state index contributed by atoms with van der Waals surface area (Å²) in [4.78, 5) is 31.2. The van der Waals surface area contributed by atoms with E-state index in [4.69, 9.17) is 9.72 Å². The second-order valence-electron chi connectivity index (χ2n) is 7.47. The number of anilines is 1. The van der Waals surface area contributed by atoms with E-state index in [1.54, 1.807) is 0 Å². The van der Waals surface area contributed by atoms with Crippen molar-refractivity contribution in [1.82, 2.24) is 19.9 Å². The van der Waals surface area contributed by atoms with E-state index in [1.807, 2.05) is 43.9 Å². The van der Waals surface area contributed by atoms with E-state index in [2.05, 4.69) is 9.97 Å². The van der Waals surface area contributed by atoms with Gasteiger partial charge in [0.1, 0.15) is 10.5 Å². The van der Waals surface area contributed by atoms with Crippen molar-refractivity contribution < 1.29 is 9.53 Å². The van der Waals surface area contributed by atoms with Crippen LogP contribution in [-0.2, 0) is 16.8 Å². The first-order valence-corrected chi connectivity index (χ1v) is 10.1. The van der Waals surface area contributed by atoms with Crippen LogP contribution in [0.4, 0.5) is 5.95 Å². The Balaban J connectivity index is 1.56. The molecule has 27 heavy (non-hydrogen) atoms. The monoisotopic (exact) mass is 387 g/mol. The number of piperidine rings is 1. The third-order valence-electron chi connectivity index (χ3n) is 5.39. The van der Waals surface area contributed by atoms with Gasteiger partial charge in [0, 0.05) is 33.4 Å². The number of hydrogen-bond donors (Lipinski definition) is 0. The number of nitrogens with zero attached hydrogens (tertiary/aromatic N) is 5. The van der Waals surface area contributed by atoms with Gasteiger partial charge in [-0.3, -0.25) is 4.79 Å². The maximum absolute atomic E-state index is 12.9. The minimum atomic E-state index is -0.406. The number of rotatable bonds is 2. The number of aryl methyl sites for hydroxylation is 2. The van der Waals surface area contributed by atoms with Crippen LogP contribution in [0.5, 0.6) is 0 Å². The van der Waals surface area contributed by atoms with Gasteiger partial charge in [-0.15, -0.1) is 11.3 Å². The molecular formula is C19H25N5O2S. The summed E-state index contributed by atoms with van der Waals surface area (Å²) < 4.78 is 6.27. The van der Waals surface area contributed by atoms with Crippen LogP contribution < -0.4 is 4.90 Å². The van der Waals surface area contributed by atoms with Crippen molar-refractivity contribution in [3.05, 3.63) is 33.0 Å². The van der Waals surface area contributed by atoms with Crippen molar-refractivity contribution in [2.24, 2.45) is 0 Å². The van der Waals surface area contributed by atoms with Crippen LogP contribution in [0.1, 0.15) is 44.5 Å². The van der Waals surface area contributed by atoms with Crippen molar-refractivity contribution in [3.63, 3.8) is 0 Å². The zero-order chi connectivity index (χ0) is 19.2. The largest absolute Gasteiger partial charge is 0.368 e. The van der Waals surface area contributed by atoms with E-state index >= 15 is 0 Å². The molecule has 2 aliphatic heterocycles. The molecule has 2 aromatic rings. The minimum Gasteiger partial charge on any atom is -0.368 e. The maximum atomic E-state index is 12.9. The van der Waals surface area contributed by atoms with E-state index in [1.165, 1.54) is 16.9 Å². The quantitative estimate of drug-likeness (QED) is 0.788. The summed E-state index contributed by atoms with van der Waals surface area (Å²) in [6, 6.07) is 0. The molecule has 0 unspecified atom stereocenters. The van der Waals surface area contributed by atoms with E-state index in [0.717, 1.165) is 40.5 Å². The number of likely N-dealkylation sites (tertiary alicyclic amines) is 1. The van der Waals surface area contributed by atoms with Gasteiger partial charge in [-0.05, 0) is 38.7 Å². The van der Waals surface area contributed by atoms with Gasteiger partial charge in [-0.1, -0.05) is 0 Å². The van der Waals surface area contributed by atoms with Gasteiger partial charge in [0.2, 0.25) is 5.95 Å². The van der Waals surface area contributed by atoms with Crippen LogP contribution in [0, 0.1) is 13.8 Å². The molecule has 2 aromatic heterocycles. The lowest BCUT2D eigenvalue weighted by Crippen LogP contribution is -2.49. The van der Waals surface area contributed by atoms with Crippen molar-refractivity contribution in [1.29, 1.82) is 0 Å². The molecule has 4 heterocycles. The third-order valence-corrected chi connectivity index (χ3v) is 6.45. The molecule has 0 saturated carbocycles. The Morgan fingerprint density at radius 3 is 2.63 bits per heavy atom. The lowest BCUT2D eigenvalue weighted by molar-refractivity contribution is -0.0966. The first-order valence-electron chi connectivity index (χ1n) is 9.30. The molecule has 0 radical (unpaired) electrons. The van der Waals surface area contributed by atoms with Crippen molar-refractivity contribution in [2.45, 2.75) is 38.7 Å². The number of aromatic nitrogens is 3. The van der Waals surface area contributed by atoms with Gasteiger partial charge in [0.15, 0.2) is 0 Å². The summed E-state index contributed by atoms with van der Waals surface area (Å²) in [5.41, 5.74) is 2.59. The predicted molar refractivity (Wildman–Crippen MR) is 104 cm³/mol. The molecule has 7 nitrogen and oxygen atoms in total. The number of fused-ring (bicyclic) bond motifs is 2. The van der Waals surface area contributed by atoms with Crippen LogP contribution >= 0.6 is 11.3 Å². The molecule has 1 amide bonds. The van der Waals surface area contributed by atoms with E-state index in [0.29, 0.717) is 25.6 Å². The number of amides is 1. The minimum absolute atomic E-state index is 0.0839. The smallest absolute Gasteiger partial charge is 0.265 e. The molecule has 0 atom stereocenters. The summed E-state index contributed by atoms with van der Waals surface area (Å²) in [6.07, 6.45) is 4.29. The van der Waals surface area contributed by atoms with Crippen LogP contribution in [-0.4, -0.2) is 59.6 Å². The third kappa shape index (κ3) is 3.21. The summed E-state index contributed by atoms with van der Waals surface area (Å²) in [5.74, 6) is 0.786. The second-order valence-corrected chi connectivity index (χ2v) is 8.67. The zero-order valence-corrected chi connectivity index (χ0v) is 17.1. The van der Waals surface area contributed by atoms with Crippen LogP contribution in [0.3, 0.4) is 0 Å². The van der Waals surface area contributed by atoms with Gasteiger partial charge >= 0.3 is 0 Å². The number of carbonyl (C=O) groups excluding carboxylic acids is 1. The second kappa shape index (κ2) is 6.83. The highest BCUT2D eigenvalue weighted by Crippen LogP contribution is 2.41. The van der Waals surface area contributed by atoms with Crippen LogP contribution in [0.2, 0.25) is 0 Å². The van der Waals surface area contributed by atoms with Gasteiger partial charge < -0.3 is 14.5 Å². The summed E-state index contributed by atoms with van der Waals surface area (Å²) in [7, 11) is 3.89. The molecule has 1 fully saturated rings. The highest BCUT2D eigenvalue weighted by molar-refractivity contribution is 7.13. The summed E-state index contributed by atoms with van der Waals surface area (Å²) in [6.45, 7) is 5.85. The highest BCUT2D eigenvalue weighted by atomic mass is 32.1. The molecule has 1 spiro atoms. The van der Waals surface area contributed by atoms with Crippen molar-refractivity contribution >= 4 is 23.2 Å². The standard InChI is InChI=1S/C19H25N5O2S/c1-12-15(27-13(2)21-12)17(25)24-8-6-19(7-9-24)16-14(5-10-26-19)11-20-18(22-16)23(3)4/h11H,5-10H2,1-4H3. The first kappa shape index (κ1) is 18.3.